The Kier molecular flexibility index (Phi) is 4.83. The number of hydrogen-bond acceptors (Lipinski definition) is 3. The molecular weight excluding hydrogens is 330 g/mol. The molecule has 2 atom stereocenters. The molecule has 1 N–H and O–H groups in total. The number of hydrogen-bond donors (Lipinski definition) is 1. The summed E-state index contributed by atoms with van der Waals surface area (Å²) in [7, 11) is 0. The molecule has 0 radical (unpaired) electrons. The summed E-state index contributed by atoms with van der Waals surface area (Å²) in [5.74, 6) is -0.962. The van der Waals surface area contributed by atoms with Crippen LogP contribution in [0.3, 0.4) is 0 Å². The van der Waals surface area contributed by atoms with E-state index in [1.54, 1.807) is 11.0 Å². The van der Waals surface area contributed by atoms with Crippen molar-refractivity contribution in [3.8, 4) is 0 Å². The van der Waals surface area contributed by atoms with Gasteiger partial charge in [0.2, 0.25) is 5.91 Å². The van der Waals surface area contributed by atoms with Gasteiger partial charge >= 0.3 is 5.97 Å². The van der Waals surface area contributed by atoms with Gasteiger partial charge in [0.25, 0.3) is 0 Å². The van der Waals surface area contributed by atoms with Crippen molar-refractivity contribution in [3.05, 3.63) is 34.9 Å². The summed E-state index contributed by atoms with van der Waals surface area (Å²) >= 11 is 6.24. The van der Waals surface area contributed by atoms with E-state index < -0.39 is 11.4 Å². The molecule has 2 fully saturated rings. The van der Waals surface area contributed by atoms with E-state index in [1.165, 1.54) is 0 Å². The van der Waals surface area contributed by atoms with Gasteiger partial charge in [-0.1, -0.05) is 36.2 Å². The van der Waals surface area contributed by atoms with Crippen molar-refractivity contribution in [2.45, 2.75) is 44.8 Å². The zero-order chi connectivity index (χ0) is 17.3. The highest BCUT2D eigenvalue weighted by molar-refractivity contribution is 6.31. The van der Waals surface area contributed by atoms with E-state index in [0.29, 0.717) is 31.0 Å². The maximum absolute atomic E-state index is 12.8. The summed E-state index contributed by atoms with van der Waals surface area (Å²) in [6, 6.07) is 7.38. The minimum absolute atomic E-state index is 0.0674. The van der Waals surface area contributed by atoms with E-state index in [1.807, 2.05) is 25.1 Å². The summed E-state index contributed by atoms with van der Waals surface area (Å²) in [6.07, 6.45) is 1.84. The lowest BCUT2D eigenvalue weighted by Crippen LogP contribution is -2.51. The first-order valence-electron chi connectivity index (χ1n) is 8.32. The van der Waals surface area contributed by atoms with Crippen molar-refractivity contribution >= 4 is 23.5 Å². The number of carboxylic acid groups (broad SMARTS) is 1. The molecule has 1 aliphatic carbocycles. The first kappa shape index (κ1) is 17.2. The zero-order valence-electron chi connectivity index (χ0n) is 13.7. The number of carbonyl (C=O) groups excluding carboxylic acids is 1. The third-order valence-corrected chi connectivity index (χ3v) is 5.60. The fraction of sp³-hybridized carbons (Fsp3) is 0.556. The molecule has 24 heavy (non-hydrogen) atoms. The molecular formula is C18H22ClNO4. The van der Waals surface area contributed by atoms with Gasteiger partial charge in [-0.25, -0.2) is 0 Å². The number of carbonyl (C=O) groups is 2. The zero-order valence-corrected chi connectivity index (χ0v) is 14.5. The third kappa shape index (κ3) is 3.15. The highest BCUT2D eigenvalue weighted by Gasteiger charge is 2.47. The molecule has 130 valence electrons. The third-order valence-electron chi connectivity index (χ3n) is 5.26. The van der Waals surface area contributed by atoms with E-state index in [9.17, 15) is 14.7 Å². The predicted molar refractivity (Wildman–Crippen MR) is 89.9 cm³/mol. The maximum atomic E-state index is 12.8. The Morgan fingerprint density at radius 3 is 2.67 bits per heavy atom. The number of morpholine rings is 1. The molecule has 1 aromatic carbocycles. The Morgan fingerprint density at radius 2 is 2.08 bits per heavy atom. The lowest BCUT2D eigenvalue weighted by Gasteiger charge is -2.42. The number of rotatable bonds is 4. The van der Waals surface area contributed by atoms with Crippen molar-refractivity contribution in [3.63, 3.8) is 0 Å². The maximum Gasteiger partial charge on any atom is 0.310 e. The number of halogens is 1. The second-order valence-corrected chi connectivity index (χ2v) is 7.26. The highest BCUT2D eigenvalue weighted by Crippen LogP contribution is 2.45. The van der Waals surface area contributed by atoms with Gasteiger partial charge in [-0.3, -0.25) is 9.59 Å². The first-order valence-corrected chi connectivity index (χ1v) is 8.70. The number of benzene rings is 1. The van der Waals surface area contributed by atoms with Crippen LogP contribution in [-0.4, -0.2) is 41.1 Å². The smallest absolute Gasteiger partial charge is 0.310 e. The van der Waals surface area contributed by atoms with E-state index in [0.717, 1.165) is 12.0 Å². The molecule has 0 bridgehead atoms. The van der Waals surface area contributed by atoms with E-state index >= 15 is 0 Å². The molecule has 1 amide bonds. The van der Waals surface area contributed by atoms with Crippen LogP contribution in [0.4, 0.5) is 0 Å². The van der Waals surface area contributed by atoms with E-state index in [-0.39, 0.29) is 24.5 Å². The van der Waals surface area contributed by atoms with Crippen molar-refractivity contribution in [2.75, 3.05) is 13.2 Å². The Hall–Kier alpha value is -1.59. The quantitative estimate of drug-likeness (QED) is 0.904. The molecule has 1 aliphatic heterocycles. The molecule has 6 heteroatoms. The van der Waals surface area contributed by atoms with Gasteiger partial charge in [0.1, 0.15) is 6.10 Å². The van der Waals surface area contributed by atoms with Gasteiger partial charge in [0.15, 0.2) is 0 Å². The summed E-state index contributed by atoms with van der Waals surface area (Å²) in [6.45, 7) is 2.75. The molecule has 2 unspecified atom stereocenters. The van der Waals surface area contributed by atoms with Crippen LogP contribution in [0.1, 0.15) is 44.3 Å². The molecule has 1 saturated heterocycles. The van der Waals surface area contributed by atoms with Gasteiger partial charge in [0, 0.05) is 17.0 Å². The normalized spacial score (nSPS) is 25.8. The minimum Gasteiger partial charge on any atom is -0.481 e. The molecule has 3 rings (SSSR count). The molecule has 1 heterocycles. The van der Waals surface area contributed by atoms with Crippen LogP contribution in [0.2, 0.25) is 5.02 Å². The number of amides is 1. The van der Waals surface area contributed by atoms with E-state index in [2.05, 4.69) is 0 Å². The highest BCUT2D eigenvalue weighted by atomic mass is 35.5. The number of carboxylic acids is 1. The lowest BCUT2D eigenvalue weighted by atomic mass is 9.66. The second-order valence-electron chi connectivity index (χ2n) is 6.85. The van der Waals surface area contributed by atoms with Gasteiger partial charge in [-0.05, 0) is 25.8 Å². The summed E-state index contributed by atoms with van der Waals surface area (Å²) in [5, 5.41) is 10.1. The van der Waals surface area contributed by atoms with Crippen molar-refractivity contribution in [1.29, 1.82) is 0 Å². The molecule has 1 aromatic rings. The van der Waals surface area contributed by atoms with Crippen LogP contribution in [0, 0.1) is 5.41 Å². The van der Waals surface area contributed by atoms with Crippen LogP contribution in [-0.2, 0) is 14.3 Å². The lowest BCUT2D eigenvalue weighted by molar-refractivity contribution is -0.163. The number of nitrogens with zero attached hydrogens (tertiary/aromatic N) is 1. The minimum atomic E-state index is -0.866. The Labute approximate surface area is 146 Å². The molecule has 5 nitrogen and oxygen atoms in total. The largest absolute Gasteiger partial charge is 0.481 e. The average molecular weight is 352 g/mol. The Balaban J connectivity index is 1.73. The fourth-order valence-corrected chi connectivity index (χ4v) is 3.75. The van der Waals surface area contributed by atoms with Crippen molar-refractivity contribution in [2.24, 2.45) is 5.41 Å². The van der Waals surface area contributed by atoms with Gasteiger partial charge < -0.3 is 14.7 Å². The fourth-order valence-electron chi connectivity index (χ4n) is 3.49. The van der Waals surface area contributed by atoms with Gasteiger partial charge in [-0.15, -0.1) is 0 Å². The summed E-state index contributed by atoms with van der Waals surface area (Å²) in [5.41, 5.74) is -0.00454. The SMILES string of the molecule is CC1COC(c2ccccc2Cl)CN1C(=O)CC1(C(=O)O)CCC1. The van der Waals surface area contributed by atoms with E-state index in [4.69, 9.17) is 16.3 Å². The summed E-state index contributed by atoms with van der Waals surface area (Å²) in [4.78, 5) is 26.0. The molecule has 2 aliphatic rings. The molecule has 0 aromatic heterocycles. The average Bonchev–Trinajstić information content (AvgIpc) is 2.51. The first-order chi connectivity index (χ1) is 11.4. The molecule has 1 saturated carbocycles. The van der Waals surface area contributed by atoms with Crippen LogP contribution in [0.15, 0.2) is 24.3 Å². The Morgan fingerprint density at radius 1 is 1.38 bits per heavy atom. The standard InChI is InChI=1S/C18H22ClNO4/c1-12-11-24-15(13-5-2-3-6-14(13)19)10-20(12)16(21)9-18(17(22)23)7-4-8-18/h2-3,5-6,12,15H,4,7-11H2,1H3,(H,22,23). The predicted octanol–water partition coefficient (Wildman–Crippen LogP) is 3.27. The topological polar surface area (TPSA) is 66.8 Å². The Bertz CT molecular complexity index is 644. The number of aliphatic carboxylic acids is 1. The van der Waals surface area contributed by atoms with Crippen LogP contribution >= 0.6 is 11.6 Å². The van der Waals surface area contributed by atoms with Gasteiger partial charge in [0.05, 0.1) is 24.6 Å². The van der Waals surface area contributed by atoms with Crippen LogP contribution < -0.4 is 0 Å². The van der Waals surface area contributed by atoms with Gasteiger partial charge in [-0.2, -0.15) is 0 Å². The second kappa shape index (κ2) is 6.73. The monoisotopic (exact) mass is 351 g/mol. The van der Waals surface area contributed by atoms with Crippen LogP contribution in [0.5, 0.6) is 0 Å². The van der Waals surface area contributed by atoms with Crippen molar-refractivity contribution < 1.29 is 19.4 Å². The summed E-state index contributed by atoms with van der Waals surface area (Å²) < 4.78 is 5.86. The number of ether oxygens (including phenoxy) is 1. The van der Waals surface area contributed by atoms with Crippen LogP contribution in [0.25, 0.3) is 0 Å². The molecule has 0 spiro atoms. The van der Waals surface area contributed by atoms with Crippen molar-refractivity contribution in [1.82, 2.24) is 4.90 Å².